The van der Waals surface area contributed by atoms with E-state index in [1.807, 2.05) is 65.2 Å². The molecule has 1 aliphatic rings. The molecule has 35 heavy (non-hydrogen) atoms. The van der Waals surface area contributed by atoms with Crippen LogP contribution in [0.4, 0.5) is 5.69 Å². The number of imidazole rings is 1. The van der Waals surface area contributed by atoms with Crippen molar-refractivity contribution >= 4 is 34.2 Å². The molecule has 1 amide bonds. The van der Waals surface area contributed by atoms with Crippen molar-refractivity contribution in [3.63, 3.8) is 0 Å². The molecule has 4 aromatic rings. The summed E-state index contributed by atoms with van der Waals surface area (Å²) in [5.74, 6) is 1.93. The van der Waals surface area contributed by atoms with Crippen LogP contribution in [0.15, 0.2) is 72.8 Å². The molecule has 180 valence electrons. The first-order chi connectivity index (χ1) is 17.0. The van der Waals surface area contributed by atoms with Crippen molar-refractivity contribution in [3.05, 3.63) is 83.6 Å². The van der Waals surface area contributed by atoms with E-state index in [-0.39, 0.29) is 25.0 Å². The molecule has 3 aromatic carbocycles. The van der Waals surface area contributed by atoms with Crippen LogP contribution < -0.4 is 14.4 Å². The van der Waals surface area contributed by atoms with Gasteiger partial charge in [0.2, 0.25) is 5.91 Å². The van der Waals surface area contributed by atoms with Gasteiger partial charge in [-0.05, 0) is 36.4 Å². The summed E-state index contributed by atoms with van der Waals surface area (Å²) >= 11 is 6.17. The van der Waals surface area contributed by atoms with Gasteiger partial charge in [0.15, 0.2) is 0 Å². The number of aromatic nitrogens is 2. The van der Waals surface area contributed by atoms with E-state index in [4.69, 9.17) is 26.1 Å². The maximum Gasteiger partial charge on any atom is 0.227 e. The molecule has 1 aromatic heterocycles. The van der Waals surface area contributed by atoms with Crippen molar-refractivity contribution in [2.75, 3.05) is 25.2 Å². The molecule has 0 unspecified atom stereocenters. The number of nitrogens with zero attached hydrogens (tertiary/aromatic N) is 3. The maximum atomic E-state index is 13.0. The highest BCUT2D eigenvalue weighted by Gasteiger charge is 2.35. The van der Waals surface area contributed by atoms with Crippen LogP contribution in [0.1, 0.15) is 18.2 Å². The number of anilines is 1. The standard InChI is InChI=1S/C27H26ClN3O4/c1-34-21-8-6-7-19(14-21)30-15-18(13-26(30)33)27-29-23-10-3-4-11-24(23)31(27)16-20(32)17-35-25-12-5-2-9-22(25)28/h2-12,14,18,20,32H,13,15-17H2,1H3/t18-,20-/m0/s1. The second-order valence-electron chi connectivity index (χ2n) is 8.57. The van der Waals surface area contributed by atoms with Crippen LogP contribution in [-0.4, -0.2) is 46.9 Å². The number of halogens is 1. The summed E-state index contributed by atoms with van der Waals surface area (Å²) in [5, 5.41) is 11.3. The van der Waals surface area contributed by atoms with Crippen molar-refractivity contribution in [2.24, 2.45) is 0 Å². The topological polar surface area (TPSA) is 76.8 Å². The van der Waals surface area contributed by atoms with Gasteiger partial charge in [-0.25, -0.2) is 4.98 Å². The summed E-state index contributed by atoms with van der Waals surface area (Å²) in [4.78, 5) is 19.6. The zero-order valence-corrected chi connectivity index (χ0v) is 20.1. The Morgan fingerprint density at radius 3 is 2.74 bits per heavy atom. The van der Waals surface area contributed by atoms with E-state index in [0.717, 1.165) is 22.5 Å². The molecule has 1 aliphatic heterocycles. The molecule has 8 heteroatoms. The van der Waals surface area contributed by atoms with E-state index < -0.39 is 6.10 Å². The van der Waals surface area contributed by atoms with Crippen LogP contribution in [0.3, 0.4) is 0 Å². The summed E-state index contributed by atoms with van der Waals surface area (Å²) in [5.41, 5.74) is 2.54. The Balaban J connectivity index is 1.39. The van der Waals surface area contributed by atoms with Crippen molar-refractivity contribution in [1.29, 1.82) is 0 Å². The lowest BCUT2D eigenvalue weighted by Gasteiger charge is -2.19. The summed E-state index contributed by atoms with van der Waals surface area (Å²) in [6.07, 6.45) is -0.457. The number of benzene rings is 3. The average Bonchev–Trinajstić information content (AvgIpc) is 3.44. The lowest BCUT2D eigenvalue weighted by atomic mass is 10.1. The molecule has 7 nitrogen and oxygen atoms in total. The van der Waals surface area contributed by atoms with Gasteiger partial charge in [0.25, 0.3) is 0 Å². The third-order valence-corrected chi connectivity index (χ3v) is 6.51. The number of amides is 1. The number of fused-ring (bicyclic) bond motifs is 1. The fourth-order valence-electron chi connectivity index (χ4n) is 4.52. The highest BCUT2D eigenvalue weighted by atomic mass is 35.5. The molecule has 1 N–H and O–H groups in total. The number of hydrogen-bond acceptors (Lipinski definition) is 5. The number of methoxy groups -OCH3 is 1. The monoisotopic (exact) mass is 491 g/mol. The van der Waals surface area contributed by atoms with E-state index in [2.05, 4.69) is 0 Å². The Kier molecular flexibility index (Phi) is 6.61. The van der Waals surface area contributed by atoms with Crippen LogP contribution in [-0.2, 0) is 11.3 Å². The Labute approximate surface area is 208 Å². The van der Waals surface area contributed by atoms with E-state index in [1.54, 1.807) is 24.1 Å². The van der Waals surface area contributed by atoms with Gasteiger partial charge in [-0.1, -0.05) is 41.9 Å². The molecular weight excluding hydrogens is 466 g/mol. The predicted octanol–water partition coefficient (Wildman–Crippen LogP) is 4.66. The van der Waals surface area contributed by atoms with Gasteiger partial charge in [0.1, 0.15) is 30.0 Å². The summed E-state index contributed by atoms with van der Waals surface area (Å²) in [7, 11) is 1.61. The van der Waals surface area contributed by atoms with Crippen LogP contribution in [0, 0.1) is 0 Å². The SMILES string of the molecule is COc1cccc(N2C[C@@H](c3nc4ccccc4n3C[C@H](O)COc3ccccc3Cl)CC2=O)c1. The van der Waals surface area contributed by atoms with E-state index in [9.17, 15) is 9.90 Å². The van der Waals surface area contributed by atoms with Crippen LogP contribution in [0.5, 0.6) is 11.5 Å². The molecule has 1 saturated heterocycles. The number of carbonyl (C=O) groups is 1. The Morgan fingerprint density at radius 2 is 1.91 bits per heavy atom. The molecular formula is C27H26ClN3O4. The second-order valence-corrected chi connectivity index (χ2v) is 8.98. The normalized spacial score (nSPS) is 16.6. The quantitative estimate of drug-likeness (QED) is 0.388. The smallest absolute Gasteiger partial charge is 0.227 e. The van der Waals surface area contributed by atoms with Gasteiger partial charge >= 0.3 is 0 Å². The molecule has 0 aliphatic carbocycles. The Hall–Kier alpha value is -3.55. The van der Waals surface area contributed by atoms with E-state index in [0.29, 0.717) is 29.5 Å². The fourth-order valence-corrected chi connectivity index (χ4v) is 4.71. The van der Waals surface area contributed by atoms with Gasteiger partial charge in [0.05, 0.1) is 29.7 Å². The maximum absolute atomic E-state index is 13.0. The number of hydrogen-bond donors (Lipinski definition) is 1. The van der Waals surface area contributed by atoms with Crippen LogP contribution >= 0.6 is 11.6 Å². The fraction of sp³-hybridized carbons (Fsp3) is 0.259. The van der Waals surface area contributed by atoms with Gasteiger partial charge in [-0.2, -0.15) is 0 Å². The predicted molar refractivity (Wildman–Crippen MR) is 135 cm³/mol. The summed E-state index contributed by atoms with van der Waals surface area (Å²) < 4.78 is 13.1. The summed E-state index contributed by atoms with van der Waals surface area (Å²) in [6.45, 7) is 0.862. The molecule has 5 rings (SSSR count). The van der Waals surface area contributed by atoms with Crippen LogP contribution in [0.25, 0.3) is 11.0 Å². The Bertz CT molecular complexity index is 1360. The molecule has 2 heterocycles. The number of para-hydroxylation sites is 3. The first-order valence-electron chi connectivity index (χ1n) is 11.5. The zero-order chi connectivity index (χ0) is 24.4. The molecule has 0 spiro atoms. The number of aliphatic hydroxyl groups is 1. The number of rotatable bonds is 8. The van der Waals surface area contributed by atoms with E-state index in [1.165, 1.54) is 0 Å². The lowest BCUT2D eigenvalue weighted by Crippen LogP contribution is -2.26. The molecule has 0 saturated carbocycles. The van der Waals surface area contributed by atoms with Gasteiger partial charge in [0, 0.05) is 30.6 Å². The third kappa shape index (κ3) is 4.83. The van der Waals surface area contributed by atoms with Crippen LogP contribution in [0.2, 0.25) is 5.02 Å². The minimum Gasteiger partial charge on any atom is -0.497 e. The first-order valence-corrected chi connectivity index (χ1v) is 11.9. The minimum absolute atomic E-state index is 0.0319. The van der Waals surface area contributed by atoms with Crippen molar-refractivity contribution < 1.29 is 19.4 Å². The number of ether oxygens (including phenoxy) is 2. The van der Waals surface area contributed by atoms with Crippen molar-refractivity contribution in [2.45, 2.75) is 25.0 Å². The largest absolute Gasteiger partial charge is 0.497 e. The van der Waals surface area contributed by atoms with E-state index >= 15 is 0 Å². The van der Waals surface area contributed by atoms with Gasteiger partial charge in [-0.15, -0.1) is 0 Å². The highest BCUT2D eigenvalue weighted by molar-refractivity contribution is 6.32. The molecule has 0 radical (unpaired) electrons. The lowest BCUT2D eigenvalue weighted by molar-refractivity contribution is -0.117. The third-order valence-electron chi connectivity index (χ3n) is 6.20. The molecule has 0 bridgehead atoms. The Morgan fingerprint density at radius 1 is 1.11 bits per heavy atom. The van der Waals surface area contributed by atoms with Gasteiger partial charge in [-0.3, -0.25) is 4.79 Å². The van der Waals surface area contributed by atoms with Crippen molar-refractivity contribution in [1.82, 2.24) is 9.55 Å². The first kappa shape index (κ1) is 23.2. The van der Waals surface area contributed by atoms with Crippen molar-refractivity contribution in [3.8, 4) is 11.5 Å². The second kappa shape index (κ2) is 9.98. The highest BCUT2D eigenvalue weighted by Crippen LogP contribution is 2.34. The van der Waals surface area contributed by atoms with Gasteiger partial charge < -0.3 is 24.0 Å². The number of carbonyl (C=O) groups excluding carboxylic acids is 1. The molecule has 1 fully saturated rings. The zero-order valence-electron chi connectivity index (χ0n) is 19.3. The number of aliphatic hydroxyl groups excluding tert-OH is 1. The minimum atomic E-state index is -0.797. The molecule has 2 atom stereocenters. The summed E-state index contributed by atoms with van der Waals surface area (Å²) in [6, 6.07) is 22.5. The average molecular weight is 492 g/mol.